The molecule has 7 aromatic rings. The highest BCUT2D eigenvalue weighted by molar-refractivity contribution is 7.48. The number of phosphoric acid groups is 2. The number of rotatable bonds is 39. The van der Waals surface area contributed by atoms with Crippen molar-refractivity contribution in [1.82, 2.24) is 0 Å². The van der Waals surface area contributed by atoms with Gasteiger partial charge >= 0.3 is 27.6 Å². The molecule has 0 radical (unpaired) electrons. The van der Waals surface area contributed by atoms with E-state index in [1.54, 1.807) is 24.3 Å². The summed E-state index contributed by atoms with van der Waals surface area (Å²) < 4.78 is 123. The van der Waals surface area contributed by atoms with E-state index in [9.17, 15) is 9.59 Å². The van der Waals surface area contributed by atoms with E-state index in [0.717, 1.165) is 22.3 Å². The second kappa shape index (κ2) is 36.8. The van der Waals surface area contributed by atoms with Gasteiger partial charge in [0.1, 0.15) is 56.8 Å². The van der Waals surface area contributed by atoms with Crippen LogP contribution in [0.4, 0.5) is 0 Å². The zero-order chi connectivity index (χ0) is 61.5. The van der Waals surface area contributed by atoms with Crippen LogP contribution in [0, 0.1) is 0 Å². The van der Waals surface area contributed by atoms with Crippen LogP contribution >= 0.6 is 15.6 Å². The minimum absolute atomic E-state index is 0.0381. The summed E-state index contributed by atoms with van der Waals surface area (Å²) in [5, 5.41) is 0. The lowest BCUT2D eigenvalue weighted by atomic mass is 9.84. The molecule has 0 amide bonds. The zero-order valence-corrected chi connectivity index (χ0v) is 51.4. The van der Waals surface area contributed by atoms with E-state index in [1.807, 2.05) is 202 Å². The third-order valence-electron chi connectivity index (χ3n) is 13.7. The van der Waals surface area contributed by atoms with Gasteiger partial charge in [-0.15, -0.1) is 0 Å². The lowest BCUT2D eigenvalue weighted by molar-refractivity contribution is -0.286. The summed E-state index contributed by atoms with van der Waals surface area (Å²) in [6.07, 6.45) is -9.21. The van der Waals surface area contributed by atoms with E-state index < -0.39 is 97.1 Å². The van der Waals surface area contributed by atoms with Gasteiger partial charge in [0, 0.05) is 12.8 Å². The minimum Gasteiger partial charge on any atom is -0.462 e. The van der Waals surface area contributed by atoms with Crippen molar-refractivity contribution in [2.45, 2.75) is 129 Å². The van der Waals surface area contributed by atoms with Gasteiger partial charge in [-0.2, -0.15) is 0 Å². The molecule has 8 rings (SSSR count). The Labute approximate surface area is 515 Å². The fourth-order valence-electron chi connectivity index (χ4n) is 9.25. The SMILES string of the molecule is CCCC(=O)OC[C@@H](COP(=O)(OCc1ccccc1)OC1[C@H](OCOCc2ccccc2)[C@H](OCc2ccccc2)C(OP(=O)(OCc2ccccc2)OCc2ccccc2)[C@H](OCc2ccccc2)[C@H]1OCOCc1ccccc1)OC(=O)CCC. The molecule has 1 aliphatic rings. The fourth-order valence-corrected chi connectivity index (χ4v) is 12.0. The van der Waals surface area contributed by atoms with Crippen molar-refractivity contribution in [2.75, 3.05) is 26.8 Å². The molecule has 0 aromatic heterocycles. The van der Waals surface area contributed by atoms with Crippen LogP contribution in [0.5, 0.6) is 0 Å². The van der Waals surface area contributed by atoms with Gasteiger partial charge in [-0.1, -0.05) is 226 Å². The highest BCUT2D eigenvalue weighted by atomic mass is 31.2. The first-order valence-electron chi connectivity index (χ1n) is 29.5. The molecule has 3 unspecified atom stereocenters. The smallest absolute Gasteiger partial charge is 0.462 e. The van der Waals surface area contributed by atoms with Gasteiger partial charge in [-0.05, 0) is 51.8 Å². The van der Waals surface area contributed by atoms with Crippen molar-refractivity contribution in [2.24, 2.45) is 0 Å². The molecule has 468 valence electrons. The summed E-state index contributed by atoms with van der Waals surface area (Å²) >= 11 is 0. The molecular weight excluding hydrogens is 1170 g/mol. The largest absolute Gasteiger partial charge is 0.475 e. The number of hydrogen-bond donors (Lipinski definition) is 0. The second-order valence-corrected chi connectivity index (χ2v) is 23.8. The summed E-state index contributed by atoms with van der Waals surface area (Å²) in [7, 11) is -9.86. The number of phosphoric ester groups is 2. The maximum absolute atomic E-state index is 16.2. The van der Waals surface area contributed by atoms with Gasteiger partial charge < -0.3 is 37.9 Å². The summed E-state index contributed by atoms with van der Waals surface area (Å²) in [5.74, 6) is -1.14. The average Bonchev–Trinajstić information content (AvgIpc) is 2.25. The van der Waals surface area contributed by atoms with Gasteiger partial charge in [0.25, 0.3) is 0 Å². The number of hydrogen-bond acceptors (Lipinski definition) is 18. The van der Waals surface area contributed by atoms with Crippen LogP contribution in [-0.4, -0.2) is 81.5 Å². The van der Waals surface area contributed by atoms with E-state index in [-0.39, 0.29) is 59.1 Å². The van der Waals surface area contributed by atoms with E-state index in [0.29, 0.717) is 29.5 Å². The van der Waals surface area contributed by atoms with Crippen molar-refractivity contribution in [1.29, 1.82) is 0 Å². The highest BCUT2D eigenvalue weighted by Gasteiger charge is 2.59. The molecule has 88 heavy (non-hydrogen) atoms. The highest BCUT2D eigenvalue weighted by Crippen LogP contribution is 2.57. The monoisotopic (exact) mass is 1240 g/mol. The molecule has 0 aliphatic heterocycles. The Kier molecular flexibility index (Phi) is 28.2. The van der Waals surface area contributed by atoms with Gasteiger partial charge in [0.2, 0.25) is 0 Å². The lowest BCUT2D eigenvalue weighted by Gasteiger charge is -2.49. The molecular formula is C68H78O18P2. The Morgan fingerprint density at radius 3 is 0.989 bits per heavy atom. The first kappa shape index (κ1) is 67.4. The lowest BCUT2D eigenvalue weighted by Crippen LogP contribution is -2.67. The topological polar surface area (TPSA) is 197 Å². The molecule has 0 saturated heterocycles. The Balaban J connectivity index is 1.28. The van der Waals surface area contributed by atoms with Crippen LogP contribution in [0.25, 0.3) is 0 Å². The van der Waals surface area contributed by atoms with Gasteiger partial charge in [0.05, 0.1) is 52.9 Å². The molecule has 18 nitrogen and oxygen atoms in total. The van der Waals surface area contributed by atoms with Crippen molar-refractivity contribution in [3.8, 4) is 0 Å². The van der Waals surface area contributed by atoms with Crippen molar-refractivity contribution in [3.63, 3.8) is 0 Å². The van der Waals surface area contributed by atoms with Crippen molar-refractivity contribution >= 4 is 27.6 Å². The molecule has 1 fully saturated rings. The molecule has 0 bridgehead atoms. The van der Waals surface area contributed by atoms with Crippen LogP contribution in [0.3, 0.4) is 0 Å². The minimum atomic E-state index is -5.06. The average molecular weight is 1250 g/mol. The standard InChI is InChI=1S/C68H78O18P2/c1-3-26-61(69)75-49-60(84-62(70)27-4-2)50-83-88(72,82-48-59-40-24-11-25-41-59)86-68-65(78-51-73-42-53-28-12-5-13-29-53)63(76-44-55-32-16-7-17-33-55)67(85-87(71,80-46-57-36-20-9-21-37-57)81-47-58-38-22-10-23-39-58)64(77-45-56-34-18-8-19-35-56)66(68)79-52-74-43-54-30-14-6-15-31-54/h5-25,28-41,60,63-68H,3-4,26-27,42-52H2,1-2H3/t60-,63-,64+,65+,66+,67?,68?,88?/m0/s1. The number of carbonyl (C=O) groups excluding carboxylic acids is 2. The summed E-state index contributed by atoms with van der Waals surface area (Å²) in [6, 6.07) is 64.7. The predicted molar refractivity (Wildman–Crippen MR) is 327 cm³/mol. The van der Waals surface area contributed by atoms with E-state index in [1.165, 1.54) is 0 Å². The van der Waals surface area contributed by atoms with Crippen LogP contribution in [0.1, 0.15) is 78.5 Å². The normalized spacial score (nSPS) is 18.7. The maximum atomic E-state index is 16.2. The van der Waals surface area contributed by atoms with E-state index >= 15 is 9.13 Å². The van der Waals surface area contributed by atoms with Crippen LogP contribution in [0.15, 0.2) is 212 Å². The van der Waals surface area contributed by atoms with Crippen molar-refractivity contribution < 1.29 is 83.8 Å². The van der Waals surface area contributed by atoms with Crippen LogP contribution in [-0.2, 0) is 130 Å². The van der Waals surface area contributed by atoms with Crippen molar-refractivity contribution in [3.05, 3.63) is 251 Å². The Bertz CT molecular complexity index is 3010. The number of ether oxygens (including phenoxy) is 8. The van der Waals surface area contributed by atoms with Crippen LogP contribution < -0.4 is 0 Å². The summed E-state index contributed by atoms with van der Waals surface area (Å²) in [4.78, 5) is 25.9. The molecule has 1 aliphatic carbocycles. The maximum Gasteiger partial charge on any atom is 0.475 e. The van der Waals surface area contributed by atoms with Gasteiger partial charge in [0.15, 0.2) is 6.10 Å². The molecule has 0 heterocycles. The molecule has 0 spiro atoms. The number of esters is 2. The van der Waals surface area contributed by atoms with Gasteiger partial charge in [-0.3, -0.25) is 36.7 Å². The van der Waals surface area contributed by atoms with Crippen LogP contribution in [0.2, 0.25) is 0 Å². The van der Waals surface area contributed by atoms with E-state index in [2.05, 4.69) is 0 Å². The third-order valence-corrected chi connectivity index (χ3v) is 16.5. The third kappa shape index (κ3) is 22.8. The summed E-state index contributed by atoms with van der Waals surface area (Å²) in [5.41, 5.74) is 5.04. The quantitative estimate of drug-likeness (QED) is 0.0152. The predicted octanol–water partition coefficient (Wildman–Crippen LogP) is 14.0. The first-order chi connectivity index (χ1) is 43.1. The Hall–Kier alpha value is -6.54. The number of benzene rings is 7. The first-order valence-corrected chi connectivity index (χ1v) is 32.4. The number of carbonyl (C=O) groups is 2. The van der Waals surface area contributed by atoms with Gasteiger partial charge in [-0.25, -0.2) is 9.13 Å². The summed E-state index contributed by atoms with van der Waals surface area (Å²) in [6.45, 7) is 0.961. The van der Waals surface area contributed by atoms with E-state index in [4.69, 9.17) is 65.0 Å². The fraction of sp³-hybridized carbons (Fsp3) is 0.353. The molecule has 7 aromatic carbocycles. The molecule has 0 N–H and O–H groups in total. The molecule has 1 saturated carbocycles. The Morgan fingerprint density at radius 1 is 0.352 bits per heavy atom. The zero-order valence-electron chi connectivity index (χ0n) is 49.6. The molecule has 20 heteroatoms. The Morgan fingerprint density at radius 2 is 0.648 bits per heavy atom. The second-order valence-electron chi connectivity index (χ2n) is 20.6. The molecule has 8 atom stereocenters.